The van der Waals surface area contributed by atoms with Crippen LogP contribution in [-0.4, -0.2) is 8.42 Å². The Hall–Kier alpha value is -0.660. The average molecular weight is 347 g/mol. The van der Waals surface area contributed by atoms with E-state index in [0.29, 0.717) is 8.96 Å². The lowest BCUT2D eigenvalue weighted by Crippen LogP contribution is -2.15. The average Bonchev–Trinajstić information content (AvgIpc) is 2.17. The molecule has 0 aliphatic carbocycles. The molecule has 3 nitrogen and oxygen atoms in total. The molecule has 0 radical (unpaired) electrons. The highest BCUT2D eigenvalue weighted by molar-refractivity contribution is 14.1. The second kappa shape index (κ2) is 3.97. The molecule has 0 saturated heterocycles. The lowest BCUT2D eigenvalue weighted by Gasteiger charge is -2.09. The summed E-state index contributed by atoms with van der Waals surface area (Å²) in [5.74, 6) is 0. The molecule has 0 aromatic heterocycles. The number of primary sulfonamides is 1. The van der Waals surface area contributed by atoms with Crippen molar-refractivity contribution in [3.8, 4) is 0 Å². The van der Waals surface area contributed by atoms with Crippen LogP contribution in [-0.2, 0) is 10.0 Å². The number of rotatable bonds is 1. The quantitative estimate of drug-likeness (QED) is 0.806. The highest BCUT2D eigenvalue weighted by Crippen LogP contribution is 2.29. The zero-order chi connectivity index (χ0) is 11.9. The van der Waals surface area contributed by atoms with Crippen molar-refractivity contribution in [2.45, 2.75) is 11.8 Å². The van der Waals surface area contributed by atoms with E-state index < -0.39 is 10.0 Å². The third-order valence-electron chi connectivity index (χ3n) is 2.41. The molecule has 0 heterocycles. The van der Waals surface area contributed by atoms with E-state index in [2.05, 4.69) is 0 Å². The van der Waals surface area contributed by atoms with Gasteiger partial charge in [0.25, 0.3) is 0 Å². The molecule has 0 fully saturated rings. The van der Waals surface area contributed by atoms with E-state index in [4.69, 9.17) is 5.14 Å². The number of hydrogen-bond acceptors (Lipinski definition) is 2. The molecule has 2 N–H and O–H groups in total. The summed E-state index contributed by atoms with van der Waals surface area (Å²) >= 11 is 2.02. The van der Waals surface area contributed by atoms with Crippen molar-refractivity contribution in [3.05, 3.63) is 39.5 Å². The number of benzene rings is 2. The van der Waals surface area contributed by atoms with Gasteiger partial charge in [0.2, 0.25) is 10.0 Å². The molecule has 84 valence electrons. The monoisotopic (exact) mass is 347 g/mol. The highest BCUT2D eigenvalue weighted by atomic mass is 127. The first-order valence-corrected chi connectivity index (χ1v) is 7.24. The van der Waals surface area contributed by atoms with Gasteiger partial charge in [0.05, 0.1) is 0 Å². The molecular formula is C11H10INO2S. The van der Waals surface area contributed by atoms with Gasteiger partial charge in [0.1, 0.15) is 4.90 Å². The number of sulfonamides is 1. The van der Waals surface area contributed by atoms with Crippen molar-refractivity contribution >= 4 is 43.4 Å². The van der Waals surface area contributed by atoms with Crippen LogP contribution in [0, 0.1) is 10.5 Å². The van der Waals surface area contributed by atoms with Gasteiger partial charge >= 0.3 is 0 Å². The maximum atomic E-state index is 11.6. The third-order valence-corrected chi connectivity index (χ3v) is 5.16. The SMILES string of the molecule is Cc1cc2ccccc2c(S(N)(=O)=O)c1I. The van der Waals surface area contributed by atoms with Crippen LogP contribution in [0.15, 0.2) is 35.2 Å². The first-order chi connectivity index (χ1) is 7.41. The topological polar surface area (TPSA) is 60.2 Å². The summed E-state index contributed by atoms with van der Waals surface area (Å²) in [6.07, 6.45) is 0. The zero-order valence-electron chi connectivity index (χ0n) is 8.57. The van der Waals surface area contributed by atoms with Gasteiger partial charge in [-0.15, -0.1) is 0 Å². The lowest BCUT2D eigenvalue weighted by molar-refractivity contribution is 0.598. The van der Waals surface area contributed by atoms with Crippen molar-refractivity contribution in [1.82, 2.24) is 0 Å². The smallest absolute Gasteiger partial charge is 0.225 e. The van der Waals surface area contributed by atoms with Crippen LogP contribution in [0.3, 0.4) is 0 Å². The van der Waals surface area contributed by atoms with Crippen molar-refractivity contribution in [3.63, 3.8) is 0 Å². The Bertz CT molecular complexity index is 665. The van der Waals surface area contributed by atoms with Gasteiger partial charge in [-0.3, -0.25) is 0 Å². The normalized spacial score (nSPS) is 11.9. The number of nitrogens with two attached hydrogens (primary N) is 1. The van der Waals surface area contributed by atoms with Gasteiger partial charge in [-0.25, -0.2) is 13.6 Å². The van der Waals surface area contributed by atoms with Crippen LogP contribution in [0.1, 0.15) is 5.56 Å². The maximum Gasteiger partial charge on any atom is 0.239 e. The van der Waals surface area contributed by atoms with Crippen LogP contribution >= 0.6 is 22.6 Å². The van der Waals surface area contributed by atoms with E-state index in [1.807, 2.05) is 53.8 Å². The molecule has 2 rings (SSSR count). The first kappa shape index (κ1) is 11.8. The van der Waals surface area contributed by atoms with E-state index >= 15 is 0 Å². The Morgan fingerprint density at radius 2 is 1.88 bits per heavy atom. The summed E-state index contributed by atoms with van der Waals surface area (Å²) in [6.45, 7) is 1.88. The predicted octanol–water partition coefficient (Wildman–Crippen LogP) is 2.40. The van der Waals surface area contributed by atoms with E-state index in [9.17, 15) is 8.42 Å². The summed E-state index contributed by atoms with van der Waals surface area (Å²) in [4.78, 5) is 0.226. The van der Waals surface area contributed by atoms with Crippen molar-refractivity contribution in [2.24, 2.45) is 5.14 Å². The second-order valence-electron chi connectivity index (χ2n) is 3.60. The van der Waals surface area contributed by atoms with Gasteiger partial charge in [-0.1, -0.05) is 30.3 Å². The van der Waals surface area contributed by atoms with Gasteiger partial charge in [-0.05, 0) is 40.5 Å². The second-order valence-corrected chi connectivity index (χ2v) is 6.18. The molecular weight excluding hydrogens is 337 g/mol. The molecule has 2 aromatic carbocycles. The van der Waals surface area contributed by atoms with Gasteiger partial charge in [0.15, 0.2) is 0 Å². The summed E-state index contributed by atoms with van der Waals surface area (Å²) in [6, 6.07) is 9.31. The van der Waals surface area contributed by atoms with Crippen LogP contribution in [0.5, 0.6) is 0 Å². The van der Waals surface area contributed by atoms with Gasteiger partial charge in [0, 0.05) is 8.96 Å². The fraction of sp³-hybridized carbons (Fsp3) is 0.0909. The third kappa shape index (κ3) is 1.94. The number of hydrogen-bond donors (Lipinski definition) is 1. The predicted molar refractivity (Wildman–Crippen MR) is 72.8 cm³/mol. The van der Waals surface area contributed by atoms with E-state index in [-0.39, 0.29) is 4.90 Å². The first-order valence-electron chi connectivity index (χ1n) is 4.62. The maximum absolute atomic E-state index is 11.6. The molecule has 0 aliphatic heterocycles. The molecule has 0 bridgehead atoms. The van der Waals surface area contributed by atoms with Crippen LogP contribution in [0.25, 0.3) is 10.8 Å². The number of fused-ring (bicyclic) bond motifs is 1. The van der Waals surface area contributed by atoms with Crippen molar-refractivity contribution in [1.29, 1.82) is 0 Å². The van der Waals surface area contributed by atoms with E-state index in [0.717, 1.165) is 10.9 Å². The Morgan fingerprint density at radius 1 is 1.25 bits per heavy atom. The summed E-state index contributed by atoms with van der Waals surface area (Å²) in [5, 5.41) is 6.83. The van der Waals surface area contributed by atoms with Crippen molar-refractivity contribution < 1.29 is 8.42 Å². The fourth-order valence-corrected chi connectivity index (χ4v) is 3.97. The zero-order valence-corrected chi connectivity index (χ0v) is 11.5. The van der Waals surface area contributed by atoms with Gasteiger partial charge in [-0.2, -0.15) is 0 Å². The Morgan fingerprint density at radius 3 is 2.50 bits per heavy atom. The minimum Gasteiger partial charge on any atom is -0.225 e. The van der Waals surface area contributed by atoms with E-state index in [1.54, 1.807) is 6.07 Å². The molecule has 2 aromatic rings. The lowest BCUT2D eigenvalue weighted by atomic mass is 10.1. The molecule has 0 spiro atoms. The van der Waals surface area contributed by atoms with Crippen LogP contribution in [0.2, 0.25) is 0 Å². The molecule has 0 atom stereocenters. The Labute approximate surface area is 108 Å². The van der Waals surface area contributed by atoms with Gasteiger partial charge < -0.3 is 0 Å². The molecule has 0 saturated carbocycles. The van der Waals surface area contributed by atoms with Crippen molar-refractivity contribution in [2.75, 3.05) is 0 Å². The molecule has 0 amide bonds. The molecule has 16 heavy (non-hydrogen) atoms. The number of halogens is 1. The molecule has 0 unspecified atom stereocenters. The molecule has 0 aliphatic rings. The van der Waals surface area contributed by atoms with Crippen LogP contribution in [0.4, 0.5) is 0 Å². The fourth-order valence-electron chi connectivity index (χ4n) is 1.70. The number of aryl methyl sites for hydroxylation is 1. The molecule has 5 heteroatoms. The minimum atomic E-state index is -3.69. The van der Waals surface area contributed by atoms with Crippen LogP contribution < -0.4 is 5.14 Å². The summed E-state index contributed by atoms with van der Waals surface area (Å²) < 4.78 is 23.9. The standard InChI is InChI=1S/C11H10INO2S/c1-7-6-8-4-2-3-5-9(8)11(10(7)12)16(13,14)15/h2-6H,1H3,(H2,13,14,15). The van der Waals surface area contributed by atoms with E-state index in [1.165, 1.54) is 0 Å². The Balaban J connectivity index is 3.05. The summed E-state index contributed by atoms with van der Waals surface area (Å²) in [7, 11) is -3.69. The Kier molecular flexibility index (Phi) is 2.93. The minimum absolute atomic E-state index is 0.226. The highest BCUT2D eigenvalue weighted by Gasteiger charge is 2.18. The summed E-state index contributed by atoms with van der Waals surface area (Å²) in [5.41, 5.74) is 0.920. The largest absolute Gasteiger partial charge is 0.239 e.